The number of hydrogen-bond acceptors (Lipinski definition) is 6. The number of benzene rings is 1. The van der Waals surface area contributed by atoms with E-state index in [0.29, 0.717) is 50.0 Å². The van der Waals surface area contributed by atoms with Crippen molar-refractivity contribution < 1.29 is 19.1 Å². The van der Waals surface area contributed by atoms with Crippen LogP contribution in [0.1, 0.15) is 6.92 Å². The zero-order valence-electron chi connectivity index (χ0n) is 15.5. The second-order valence-corrected chi connectivity index (χ2v) is 6.38. The van der Waals surface area contributed by atoms with E-state index in [1.807, 2.05) is 0 Å². The fourth-order valence-corrected chi connectivity index (χ4v) is 3.18. The number of H-pyrrole nitrogens is 1. The zero-order valence-corrected chi connectivity index (χ0v) is 15.5. The number of aldehydes is 1. The van der Waals surface area contributed by atoms with Gasteiger partial charge < -0.3 is 24.7 Å². The van der Waals surface area contributed by atoms with Crippen LogP contribution in [-0.4, -0.2) is 71.9 Å². The molecule has 9 heteroatoms. The minimum absolute atomic E-state index is 0.227. The number of carbonyl (C=O) groups excluding carboxylic acids is 3. The van der Waals surface area contributed by atoms with Crippen molar-refractivity contribution in [3.8, 4) is 0 Å². The Bertz CT molecular complexity index is 933. The Morgan fingerprint density at radius 1 is 1.25 bits per heavy atom. The third-order valence-corrected chi connectivity index (χ3v) is 4.63. The Labute approximate surface area is 161 Å². The molecule has 1 saturated heterocycles. The first-order chi connectivity index (χ1) is 13.5. The Kier molecular flexibility index (Phi) is 6.05. The van der Waals surface area contributed by atoms with Crippen LogP contribution in [0, 0.1) is 0 Å². The molecule has 1 aliphatic heterocycles. The van der Waals surface area contributed by atoms with E-state index in [2.05, 4.69) is 10.3 Å². The van der Waals surface area contributed by atoms with Crippen molar-refractivity contribution in [2.45, 2.75) is 13.0 Å². The molecule has 1 aromatic heterocycles. The largest absolute Gasteiger partial charge is 0.450 e. The average Bonchev–Trinajstić information content (AvgIpc) is 2.69. The lowest BCUT2D eigenvalue weighted by Gasteiger charge is -2.36. The van der Waals surface area contributed by atoms with Crippen LogP contribution in [0.3, 0.4) is 0 Å². The number of piperazine rings is 1. The summed E-state index contributed by atoms with van der Waals surface area (Å²) in [5.41, 5.74) is 0.367. The van der Waals surface area contributed by atoms with Crippen LogP contribution in [0.2, 0.25) is 0 Å². The maximum absolute atomic E-state index is 12.6. The standard InChI is InChI=1S/C19H22N4O5/c1-2-28-19(27)23-9-7-22(8-10-23)15(12-24)18(26)21-17-11-16(25)13-5-3-4-6-14(13)20-17/h3-6,11-12,15H,2,7-10H2,1H3,(H2,20,21,25,26). The maximum Gasteiger partial charge on any atom is 0.409 e. The highest BCUT2D eigenvalue weighted by Gasteiger charge is 2.30. The van der Waals surface area contributed by atoms with E-state index >= 15 is 0 Å². The second kappa shape index (κ2) is 8.66. The summed E-state index contributed by atoms with van der Waals surface area (Å²) in [4.78, 5) is 54.3. The first-order valence-corrected chi connectivity index (χ1v) is 9.07. The number of rotatable bonds is 5. The fourth-order valence-electron chi connectivity index (χ4n) is 3.18. The Hall–Kier alpha value is -3.20. The third-order valence-electron chi connectivity index (χ3n) is 4.63. The number of nitrogens with zero attached hydrogens (tertiary/aromatic N) is 2. The molecule has 0 spiro atoms. The molecular formula is C19H22N4O5. The molecule has 2 amide bonds. The van der Waals surface area contributed by atoms with E-state index < -0.39 is 18.0 Å². The Morgan fingerprint density at radius 2 is 1.96 bits per heavy atom. The van der Waals surface area contributed by atoms with E-state index in [-0.39, 0.29) is 11.2 Å². The smallest absolute Gasteiger partial charge is 0.409 e. The number of aromatic nitrogens is 1. The number of para-hydroxylation sites is 1. The summed E-state index contributed by atoms with van der Waals surface area (Å²) in [5, 5.41) is 3.12. The molecule has 0 radical (unpaired) electrons. The Balaban J connectivity index is 1.67. The number of aromatic amines is 1. The summed E-state index contributed by atoms with van der Waals surface area (Å²) >= 11 is 0. The van der Waals surface area contributed by atoms with Gasteiger partial charge in [0.15, 0.2) is 5.43 Å². The summed E-state index contributed by atoms with van der Waals surface area (Å²) in [5.74, 6) is -0.309. The lowest BCUT2D eigenvalue weighted by molar-refractivity contribution is -0.127. The normalized spacial score (nSPS) is 15.8. The minimum Gasteiger partial charge on any atom is -0.450 e. The van der Waals surface area contributed by atoms with E-state index in [0.717, 1.165) is 0 Å². The third kappa shape index (κ3) is 4.20. The van der Waals surface area contributed by atoms with Crippen LogP contribution in [0.4, 0.5) is 10.6 Å². The number of pyridine rings is 1. The molecule has 2 aromatic rings. The molecule has 28 heavy (non-hydrogen) atoms. The van der Waals surface area contributed by atoms with Crippen LogP contribution in [0.15, 0.2) is 35.1 Å². The van der Waals surface area contributed by atoms with Gasteiger partial charge in [-0.2, -0.15) is 0 Å². The lowest BCUT2D eigenvalue weighted by atomic mass is 10.2. The molecule has 0 bridgehead atoms. The van der Waals surface area contributed by atoms with Crippen molar-refractivity contribution >= 4 is 35.0 Å². The highest BCUT2D eigenvalue weighted by atomic mass is 16.6. The molecule has 1 aromatic carbocycles. The van der Waals surface area contributed by atoms with Gasteiger partial charge in [-0.25, -0.2) is 4.79 Å². The molecule has 1 fully saturated rings. The summed E-state index contributed by atoms with van der Waals surface area (Å²) in [6.45, 7) is 3.49. The first kappa shape index (κ1) is 19.6. The van der Waals surface area contributed by atoms with Gasteiger partial charge in [0.2, 0.25) is 5.91 Å². The molecule has 9 nitrogen and oxygen atoms in total. The molecule has 1 atom stereocenters. The van der Waals surface area contributed by atoms with Gasteiger partial charge in [-0.3, -0.25) is 14.5 Å². The number of nitrogens with one attached hydrogen (secondary N) is 2. The highest BCUT2D eigenvalue weighted by molar-refractivity contribution is 6.04. The van der Waals surface area contributed by atoms with Crippen LogP contribution in [-0.2, 0) is 14.3 Å². The topological polar surface area (TPSA) is 112 Å². The molecule has 2 N–H and O–H groups in total. The predicted octanol–water partition coefficient (Wildman–Crippen LogP) is 0.808. The molecular weight excluding hydrogens is 364 g/mol. The van der Waals surface area contributed by atoms with Gasteiger partial charge in [0.25, 0.3) is 0 Å². The predicted molar refractivity (Wildman–Crippen MR) is 103 cm³/mol. The minimum atomic E-state index is -1.01. The molecule has 2 heterocycles. The van der Waals surface area contributed by atoms with Gasteiger partial charge in [-0.15, -0.1) is 0 Å². The monoisotopic (exact) mass is 386 g/mol. The summed E-state index contributed by atoms with van der Waals surface area (Å²) in [6.07, 6.45) is 0.164. The summed E-state index contributed by atoms with van der Waals surface area (Å²) < 4.78 is 4.96. The molecule has 148 valence electrons. The second-order valence-electron chi connectivity index (χ2n) is 6.38. The first-order valence-electron chi connectivity index (χ1n) is 9.07. The van der Waals surface area contributed by atoms with Crippen molar-refractivity contribution in [2.75, 3.05) is 38.1 Å². The number of carbonyl (C=O) groups is 3. The number of ether oxygens (including phenoxy) is 1. The lowest BCUT2D eigenvalue weighted by Crippen LogP contribution is -2.55. The van der Waals surface area contributed by atoms with Crippen LogP contribution in [0.25, 0.3) is 10.9 Å². The highest BCUT2D eigenvalue weighted by Crippen LogP contribution is 2.12. The van der Waals surface area contributed by atoms with Gasteiger partial charge in [-0.05, 0) is 19.1 Å². The van der Waals surface area contributed by atoms with Crippen molar-refractivity contribution in [3.05, 3.63) is 40.6 Å². The average molecular weight is 386 g/mol. The van der Waals surface area contributed by atoms with Crippen LogP contribution < -0.4 is 10.7 Å². The SMILES string of the molecule is CCOC(=O)N1CCN(C(C=O)C(=O)Nc2cc(=O)c3ccccc3[nH]2)CC1. The summed E-state index contributed by atoms with van der Waals surface area (Å²) in [7, 11) is 0. The number of hydrogen-bond donors (Lipinski definition) is 2. The number of anilines is 1. The quantitative estimate of drug-likeness (QED) is 0.581. The zero-order chi connectivity index (χ0) is 20.1. The van der Waals surface area contributed by atoms with Crippen LogP contribution in [0.5, 0.6) is 0 Å². The van der Waals surface area contributed by atoms with Crippen molar-refractivity contribution in [2.24, 2.45) is 0 Å². The van der Waals surface area contributed by atoms with Gasteiger partial charge >= 0.3 is 6.09 Å². The molecule has 0 aliphatic carbocycles. The number of fused-ring (bicyclic) bond motifs is 1. The van der Waals surface area contributed by atoms with E-state index in [1.165, 1.54) is 6.07 Å². The van der Waals surface area contributed by atoms with E-state index in [1.54, 1.807) is 41.0 Å². The molecule has 0 saturated carbocycles. The molecule has 1 unspecified atom stereocenters. The van der Waals surface area contributed by atoms with Crippen molar-refractivity contribution in [1.82, 2.24) is 14.8 Å². The van der Waals surface area contributed by atoms with Crippen molar-refractivity contribution in [3.63, 3.8) is 0 Å². The van der Waals surface area contributed by atoms with Gasteiger partial charge in [0.05, 0.1) is 12.1 Å². The van der Waals surface area contributed by atoms with Gasteiger partial charge in [0, 0.05) is 37.6 Å². The van der Waals surface area contributed by atoms with Gasteiger partial charge in [-0.1, -0.05) is 12.1 Å². The maximum atomic E-state index is 12.6. The molecule has 1 aliphatic rings. The summed E-state index contributed by atoms with van der Waals surface area (Å²) in [6, 6.07) is 7.24. The number of amides is 2. The van der Waals surface area contributed by atoms with Crippen molar-refractivity contribution in [1.29, 1.82) is 0 Å². The van der Waals surface area contributed by atoms with E-state index in [4.69, 9.17) is 4.74 Å². The van der Waals surface area contributed by atoms with Gasteiger partial charge in [0.1, 0.15) is 18.1 Å². The van der Waals surface area contributed by atoms with E-state index in [9.17, 15) is 19.2 Å². The fraction of sp³-hybridized carbons (Fsp3) is 0.368. The Morgan fingerprint density at radius 3 is 2.64 bits per heavy atom. The van der Waals surface area contributed by atoms with Crippen LogP contribution >= 0.6 is 0 Å². The molecule has 3 rings (SSSR count).